The molecule has 9 aromatic rings. The highest BCUT2D eigenvalue weighted by molar-refractivity contribution is 6.33. The van der Waals surface area contributed by atoms with Crippen LogP contribution in [0, 0.1) is 0 Å². The summed E-state index contributed by atoms with van der Waals surface area (Å²) in [6.45, 7) is 6.84. The molecule has 3 amide bonds. The molecule has 10 rings (SSSR count). The number of nitrogens with one attached hydrogen (secondary N) is 3. The Kier molecular flexibility index (Phi) is 19.7. The molecule has 3 N–H and O–H groups in total. The molecule has 0 aliphatic carbocycles. The first-order valence-corrected chi connectivity index (χ1v) is 27.5. The second-order valence-corrected chi connectivity index (χ2v) is 20.5. The second kappa shape index (κ2) is 26.9. The van der Waals surface area contributed by atoms with Gasteiger partial charge in [-0.05, 0) is 130 Å². The number of aryl methyl sites for hydroxylation is 3. The maximum atomic E-state index is 13.4. The molecule has 4 aromatic heterocycles. The normalized spacial score (nSPS) is 13.2. The van der Waals surface area contributed by atoms with Crippen molar-refractivity contribution >= 4 is 68.2 Å². The molecule has 0 bridgehead atoms. The third-order valence-electron chi connectivity index (χ3n) is 14.3. The topological polar surface area (TPSA) is 179 Å². The molecule has 14 nitrogen and oxygen atoms in total. The Balaban J connectivity index is 0.000000242. The van der Waals surface area contributed by atoms with Gasteiger partial charge in [0.05, 0.1) is 39.5 Å². The Morgan fingerprint density at radius 2 is 1.08 bits per heavy atom. The molecule has 0 radical (unpaired) electrons. The molecule has 0 spiro atoms. The average molecular weight is 1230 g/mol. The van der Waals surface area contributed by atoms with E-state index < -0.39 is 69.2 Å². The van der Waals surface area contributed by atoms with Crippen LogP contribution in [0.4, 0.5) is 39.5 Å². The Bertz CT molecular complexity index is 4280. The Morgan fingerprint density at radius 1 is 0.609 bits per heavy atom. The number of fused-ring (bicyclic) bond motifs is 2. The Labute approximate surface area is 499 Å². The number of carbonyl (C=O) groups is 3. The third kappa shape index (κ3) is 15.0. The van der Waals surface area contributed by atoms with Gasteiger partial charge in [0.2, 0.25) is 16.3 Å². The van der Waals surface area contributed by atoms with Crippen LogP contribution in [0.2, 0.25) is 5.02 Å². The van der Waals surface area contributed by atoms with E-state index in [9.17, 15) is 68.3 Å². The van der Waals surface area contributed by atoms with E-state index in [2.05, 4.69) is 26.1 Å². The summed E-state index contributed by atoms with van der Waals surface area (Å²) in [6, 6.07) is 27.8. The highest BCUT2D eigenvalue weighted by Crippen LogP contribution is 2.37. The lowest BCUT2D eigenvalue weighted by Crippen LogP contribution is -2.32. The van der Waals surface area contributed by atoms with Crippen LogP contribution in [0.1, 0.15) is 108 Å². The maximum Gasteiger partial charge on any atom is 0.416 e. The predicted molar refractivity (Wildman–Crippen MR) is 320 cm³/mol. The number of hydrogen-bond donors (Lipinski definition) is 3. The van der Waals surface area contributed by atoms with E-state index in [1.165, 1.54) is 41.5 Å². The number of benzene rings is 5. The monoisotopic (exact) mass is 1230 g/mol. The minimum Gasteiger partial charge on any atom is -0.352 e. The van der Waals surface area contributed by atoms with Crippen LogP contribution in [0.3, 0.4) is 0 Å². The number of pyridine rings is 4. The van der Waals surface area contributed by atoms with Crippen molar-refractivity contribution in [1.29, 1.82) is 0 Å². The molecule has 0 fully saturated rings. The predicted octanol–water partition coefficient (Wildman–Crippen LogP) is 13.1. The van der Waals surface area contributed by atoms with Gasteiger partial charge in [0, 0.05) is 94.2 Å². The number of rotatable bonds is 13. The largest absolute Gasteiger partial charge is 0.416 e. The van der Waals surface area contributed by atoms with Gasteiger partial charge in [0.25, 0.3) is 17.7 Å². The van der Waals surface area contributed by atoms with Gasteiger partial charge < -0.3 is 24.3 Å². The van der Waals surface area contributed by atoms with Gasteiger partial charge >= 0.3 is 18.5 Å². The van der Waals surface area contributed by atoms with Crippen molar-refractivity contribution in [2.45, 2.75) is 84.1 Å². The molecular formula is C63H60ClF9N8O6. The maximum absolute atomic E-state index is 13.4. The van der Waals surface area contributed by atoms with Gasteiger partial charge in [0.15, 0.2) is 0 Å². The molecule has 1 aliphatic heterocycles. The van der Waals surface area contributed by atoms with E-state index in [1.54, 1.807) is 59.6 Å². The van der Waals surface area contributed by atoms with Gasteiger partial charge in [-0.15, -0.1) is 0 Å². The SMILES string of the molecule is CC1CCc2cc(C(F)(F)F)cc3c(=O)c(C(=O)NCCc4ccncc4)cn1c23.CCn1cc(C(=O)N/N=C\c2ccccc2Cl)c(=O)c2cc(C(F)(F)F)ccc21.CCn1cc(C(=O)NCCc2ccccc2)c(=O)c2cc(C(F)(F)F)ccc21.[HH].[HH].[HH]. The number of amides is 3. The van der Waals surface area contributed by atoms with Gasteiger partial charge in [-0.3, -0.25) is 33.8 Å². The number of aromatic nitrogens is 4. The summed E-state index contributed by atoms with van der Waals surface area (Å²) in [4.78, 5) is 80.0. The summed E-state index contributed by atoms with van der Waals surface area (Å²) < 4.78 is 123. The van der Waals surface area contributed by atoms with Crippen LogP contribution in [-0.2, 0) is 50.9 Å². The first kappa shape index (κ1) is 63.6. The molecule has 0 saturated heterocycles. The fourth-order valence-electron chi connectivity index (χ4n) is 9.77. The van der Waals surface area contributed by atoms with E-state index in [4.69, 9.17) is 11.6 Å². The number of carbonyl (C=O) groups excluding carboxylic acids is 3. The van der Waals surface area contributed by atoms with Crippen molar-refractivity contribution < 1.29 is 58.2 Å². The molecule has 1 atom stereocenters. The summed E-state index contributed by atoms with van der Waals surface area (Å²) in [7, 11) is 0. The molecule has 1 aliphatic rings. The molecular weight excluding hydrogens is 1170 g/mol. The minimum absolute atomic E-state index is 0. The molecule has 5 heterocycles. The number of halogens is 10. The molecule has 87 heavy (non-hydrogen) atoms. The van der Waals surface area contributed by atoms with Crippen LogP contribution >= 0.6 is 11.6 Å². The lowest BCUT2D eigenvalue weighted by atomic mass is 9.93. The number of hydrazone groups is 1. The average Bonchev–Trinajstić information content (AvgIpc) is 0.832. The summed E-state index contributed by atoms with van der Waals surface area (Å²) in [5.41, 5.74) is 0.868. The van der Waals surface area contributed by atoms with Crippen molar-refractivity contribution in [3.8, 4) is 0 Å². The summed E-state index contributed by atoms with van der Waals surface area (Å²) in [5.74, 6) is -2.02. The summed E-state index contributed by atoms with van der Waals surface area (Å²) in [6.07, 6.45) is -2.72. The van der Waals surface area contributed by atoms with E-state index in [0.717, 1.165) is 47.5 Å². The molecule has 458 valence electrons. The highest BCUT2D eigenvalue weighted by Gasteiger charge is 2.35. The standard InChI is InChI=1S/C22H20F3N3O2.C21H19F3N2O2.C20H15ClF3N3O2.3H2/c1-13-2-3-15-10-16(22(23,24)25)11-17-19(15)28(13)12-18(20(17)29)21(30)27-9-6-14-4-7-26-8-5-14;1-2-26-13-17(20(28)25-11-10-14-6-4-3-5-7-14)19(27)16-12-15(21(22,23)24)8-9-18(16)26;1-2-27-11-15(19(29)26-25-10-12-5-3-4-6-16(12)21)18(28)14-9-13(20(22,23)24)7-8-17(14)27;;;/h4-5,7-8,10-13H,2-3,6,9H2,1H3,(H,27,30);3-9,12-13H,2,10-11H2,1H3,(H,25,28);3-11H,2H2,1H3,(H,26,29);3*1H/b;;25-10-;;;. The van der Waals surface area contributed by atoms with Gasteiger partial charge in [-0.25, -0.2) is 5.43 Å². The quantitative estimate of drug-likeness (QED) is 0.0584. The van der Waals surface area contributed by atoms with Crippen molar-refractivity contribution in [1.82, 2.24) is 34.7 Å². The first-order valence-electron chi connectivity index (χ1n) is 27.1. The number of nitrogens with zero attached hydrogens (tertiary/aromatic N) is 5. The van der Waals surface area contributed by atoms with Crippen LogP contribution in [0.25, 0.3) is 32.7 Å². The van der Waals surface area contributed by atoms with Crippen molar-refractivity contribution in [3.63, 3.8) is 0 Å². The van der Waals surface area contributed by atoms with Gasteiger partial charge in [-0.1, -0.05) is 60.1 Å². The zero-order valence-corrected chi connectivity index (χ0v) is 47.4. The van der Waals surface area contributed by atoms with E-state index in [1.807, 2.05) is 49.4 Å². The zero-order chi connectivity index (χ0) is 63.0. The van der Waals surface area contributed by atoms with Crippen LogP contribution < -0.4 is 32.3 Å². The molecule has 24 heteroatoms. The van der Waals surface area contributed by atoms with Crippen LogP contribution in [-0.4, -0.2) is 55.7 Å². The Morgan fingerprint density at radius 3 is 1.60 bits per heavy atom. The van der Waals surface area contributed by atoms with Crippen molar-refractivity contribution in [2.24, 2.45) is 5.10 Å². The molecule has 1 unspecified atom stereocenters. The summed E-state index contributed by atoms with van der Waals surface area (Å²) >= 11 is 5.99. The smallest absolute Gasteiger partial charge is 0.352 e. The summed E-state index contributed by atoms with van der Waals surface area (Å²) in [5, 5.41) is 9.20. The fourth-order valence-corrected chi connectivity index (χ4v) is 9.95. The van der Waals surface area contributed by atoms with Crippen LogP contribution in [0.15, 0.2) is 166 Å². The van der Waals surface area contributed by atoms with E-state index in [0.29, 0.717) is 84.6 Å². The third-order valence-corrected chi connectivity index (χ3v) is 14.7. The minimum atomic E-state index is -4.60. The number of alkyl halides is 9. The van der Waals surface area contributed by atoms with E-state index in [-0.39, 0.29) is 43.2 Å². The van der Waals surface area contributed by atoms with E-state index >= 15 is 0 Å². The second-order valence-electron chi connectivity index (χ2n) is 20.0. The van der Waals surface area contributed by atoms with Gasteiger partial charge in [-0.2, -0.15) is 44.6 Å². The lowest BCUT2D eigenvalue weighted by molar-refractivity contribution is -0.138. The van der Waals surface area contributed by atoms with Gasteiger partial charge in [0.1, 0.15) is 16.7 Å². The Hall–Kier alpha value is -9.38. The van der Waals surface area contributed by atoms with Crippen molar-refractivity contribution in [2.75, 3.05) is 13.1 Å². The van der Waals surface area contributed by atoms with Crippen molar-refractivity contribution in [3.05, 3.63) is 238 Å². The first-order chi connectivity index (χ1) is 41.3. The zero-order valence-electron chi connectivity index (χ0n) is 46.6. The van der Waals surface area contributed by atoms with Crippen LogP contribution in [0.5, 0.6) is 0 Å². The number of hydrogen-bond acceptors (Lipinski definition) is 8. The highest BCUT2D eigenvalue weighted by atomic mass is 35.5. The molecule has 0 saturated carbocycles. The molecule has 5 aromatic carbocycles. The fraction of sp³-hybridized carbons (Fsp3) is 0.238. The lowest BCUT2D eigenvalue weighted by Gasteiger charge is -2.27.